The van der Waals surface area contributed by atoms with Gasteiger partial charge in [0, 0.05) is 31.5 Å². The Kier molecular flexibility index (Phi) is 5.30. The summed E-state index contributed by atoms with van der Waals surface area (Å²) in [6.45, 7) is 6.79. The van der Waals surface area contributed by atoms with E-state index in [0.717, 1.165) is 63.5 Å². The number of carbonyl (C=O) groups is 1. The van der Waals surface area contributed by atoms with E-state index < -0.39 is 0 Å². The Hall–Kier alpha value is -1.43. The first-order valence-corrected chi connectivity index (χ1v) is 9.08. The van der Waals surface area contributed by atoms with Crippen molar-refractivity contribution >= 4 is 5.91 Å². The number of hydrogen-bond acceptors (Lipinski definition) is 5. The topological polar surface area (TPSA) is 62.5 Å². The van der Waals surface area contributed by atoms with E-state index in [1.165, 1.54) is 6.42 Å². The van der Waals surface area contributed by atoms with Crippen LogP contribution < -0.4 is 0 Å². The summed E-state index contributed by atoms with van der Waals surface area (Å²) in [5.74, 6) is 1.82. The van der Waals surface area contributed by atoms with E-state index in [1.54, 1.807) is 0 Å². The fourth-order valence-corrected chi connectivity index (χ4v) is 4.04. The monoisotopic (exact) mass is 320 g/mol. The second-order valence-corrected chi connectivity index (χ2v) is 6.68. The number of amides is 1. The predicted molar refractivity (Wildman–Crippen MR) is 86.8 cm³/mol. The third-order valence-electron chi connectivity index (χ3n) is 5.10. The molecule has 0 aliphatic carbocycles. The van der Waals surface area contributed by atoms with Gasteiger partial charge in [-0.3, -0.25) is 9.69 Å². The fraction of sp³-hybridized carbons (Fsp3) is 0.824. The number of nitrogens with zero attached hydrogens (tertiary/aromatic N) is 4. The lowest BCUT2D eigenvalue weighted by Crippen LogP contribution is -2.48. The second-order valence-electron chi connectivity index (χ2n) is 6.68. The number of aromatic nitrogens is 2. The molecule has 0 N–H and O–H groups in total. The Morgan fingerprint density at radius 3 is 2.78 bits per heavy atom. The molecule has 1 aromatic rings. The molecule has 1 amide bonds. The van der Waals surface area contributed by atoms with Gasteiger partial charge in [0.05, 0.1) is 6.54 Å². The van der Waals surface area contributed by atoms with Crippen LogP contribution in [0.3, 0.4) is 0 Å². The zero-order chi connectivity index (χ0) is 16.2. The molecular weight excluding hydrogens is 292 g/mol. The van der Waals surface area contributed by atoms with Gasteiger partial charge in [-0.1, -0.05) is 19.0 Å². The van der Waals surface area contributed by atoms with Crippen LogP contribution in [-0.2, 0) is 17.8 Å². The molecule has 2 aliphatic heterocycles. The highest BCUT2D eigenvalue weighted by Crippen LogP contribution is 2.31. The highest BCUT2D eigenvalue weighted by atomic mass is 16.5. The second kappa shape index (κ2) is 7.43. The quantitative estimate of drug-likeness (QED) is 0.805. The summed E-state index contributed by atoms with van der Waals surface area (Å²) in [6.07, 6.45) is 7.08. The summed E-state index contributed by atoms with van der Waals surface area (Å²) in [6, 6.07) is 0.813. The van der Waals surface area contributed by atoms with Gasteiger partial charge < -0.3 is 9.42 Å². The van der Waals surface area contributed by atoms with Crippen LogP contribution in [0.25, 0.3) is 0 Å². The summed E-state index contributed by atoms with van der Waals surface area (Å²) in [4.78, 5) is 21.2. The summed E-state index contributed by atoms with van der Waals surface area (Å²) < 4.78 is 5.30. The number of rotatable bonds is 6. The van der Waals surface area contributed by atoms with E-state index >= 15 is 0 Å². The molecule has 3 heterocycles. The van der Waals surface area contributed by atoms with Gasteiger partial charge in [-0.2, -0.15) is 4.98 Å². The summed E-state index contributed by atoms with van der Waals surface area (Å²) in [5, 5.41) is 4.12. The van der Waals surface area contributed by atoms with Crippen molar-refractivity contribution in [1.29, 1.82) is 0 Å². The van der Waals surface area contributed by atoms with Crippen molar-refractivity contribution in [2.45, 2.75) is 77.4 Å². The third-order valence-corrected chi connectivity index (χ3v) is 5.10. The van der Waals surface area contributed by atoms with Crippen LogP contribution in [0.1, 0.15) is 64.1 Å². The lowest BCUT2D eigenvalue weighted by Gasteiger charge is -2.34. The van der Waals surface area contributed by atoms with Crippen LogP contribution in [0, 0.1) is 0 Å². The van der Waals surface area contributed by atoms with Gasteiger partial charge in [0.1, 0.15) is 0 Å². The van der Waals surface area contributed by atoms with Crippen molar-refractivity contribution in [3.8, 4) is 0 Å². The molecule has 2 atom stereocenters. The van der Waals surface area contributed by atoms with Crippen molar-refractivity contribution < 1.29 is 9.32 Å². The molecule has 128 valence electrons. The molecule has 0 unspecified atom stereocenters. The molecular formula is C17H28N4O2. The summed E-state index contributed by atoms with van der Waals surface area (Å²) in [7, 11) is 0. The Morgan fingerprint density at radius 1 is 1.22 bits per heavy atom. The minimum Gasteiger partial charge on any atom is -0.339 e. The number of carbonyl (C=O) groups excluding carboxylic acids is 1. The van der Waals surface area contributed by atoms with Crippen LogP contribution in [0.15, 0.2) is 4.52 Å². The first-order chi connectivity index (χ1) is 11.2. The molecule has 3 rings (SSSR count). The van der Waals surface area contributed by atoms with Gasteiger partial charge >= 0.3 is 0 Å². The SMILES string of the molecule is CCCc1nc(CN2CCC[C@@H]2[C@@H]2CCCN2C(=O)CC)no1. The van der Waals surface area contributed by atoms with Crippen molar-refractivity contribution in [2.24, 2.45) is 0 Å². The lowest BCUT2D eigenvalue weighted by molar-refractivity contribution is -0.132. The average molecular weight is 320 g/mol. The van der Waals surface area contributed by atoms with Crippen LogP contribution in [0.5, 0.6) is 0 Å². The van der Waals surface area contributed by atoms with Gasteiger partial charge in [0.2, 0.25) is 11.8 Å². The van der Waals surface area contributed by atoms with Crippen molar-refractivity contribution in [3.63, 3.8) is 0 Å². The minimum absolute atomic E-state index is 0.296. The summed E-state index contributed by atoms with van der Waals surface area (Å²) >= 11 is 0. The number of likely N-dealkylation sites (tertiary alicyclic amines) is 2. The first-order valence-electron chi connectivity index (χ1n) is 9.08. The van der Waals surface area contributed by atoms with Crippen LogP contribution >= 0.6 is 0 Å². The molecule has 2 aliphatic rings. The smallest absolute Gasteiger partial charge is 0.226 e. The molecule has 0 radical (unpaired) electrons. The zero-order valence-electron chi connectivity index (χ0n) is 14.3. The van der Waals surface area contributed by atoms with E-state index in [-0.39, 0.29) is 0 Å². The maximum absolute atomic E-state index is 12.2. The Labute approximate surface area is 138 Å². The number of hydrogen-bond donors (Lipinski definition) is 0. The van der Waals surface area contributed by atoms with E-state index in [4.69, 9.17) is 4.52 Å². The molecule has 0 bridgehead atoms. The largest absolute Gasteiger partial charge is 0.339 e. The van der Waals surface area contributed by atoms with Crippen molar-refractivity contribution in [2.75, 3.05) is 13.1 Å². The molecule has 2 fully saturated rings. The van der Waals surface area contributed by atoms with Crippen LogP contribution in [0.2, 0.25) is 0 Å². The van der Waals surface area contributed by atoms with Crippen LogP contribution in [-0.4, -0.2) is 51.0 Å². The average Bonchev–Trinajstić information content (AvgIpc) is 3.27. The van der Waals surface area contributed by atoms with Gasteiger partial charge in [-0.15, -0.1) is 0 Å². The maximum atomic E-state index is 12.2. The molecule has 2 saturated heterocycles. The maximum Gasteiger partial charge on any atom is 0.226 e. The summed E-state index contributed by atoms with van der Waals surface area (Å²) in [5.41, 5.74) is 0. The Bertz CT molecular complexity index is 530. The van der Waals surface area contributed by atoms with Crippen molar-refractivity contribution in [1.82, 2.24) is 19.9 Å². The standard InChI is InChI=1S/C17H28N4O2/c1-3-7-16-18-15(19-23-16)12-20-10-5-8-13(20)14-9-6-11-21(14)17(22)4-2/h13-14H,3-12H2,1-2H3/t13-,14+/m1/s1. The molecule has 23 heavy (non-hydrogen) atoms. The van der Waals surface area contributed by atoms with E-state index in [0.29, 0.717) is 24.4 Å². The normalized spacial score (nSPS) is 25.4. The first kappa shape index (κ1) is 16.4. The fourth-order valence-electron chi connectivity index (χ4n) is 4.04. The number of aryl methyl sites for hydroxylation is 1. The Balaban J connectivity index is 1.66. The minimum atomic E-state index is 0.296. The van der Waals surface area contributed by atoms with Crippen molar-refractivity contribution in [3.05, 3.63) is 11.7 Å². The molecule has 0 spiro atoms. The van der Waals surface area contributed by atoms with E-state index in [9.17, 15) is 4.79 Å². The third kappa shape index (κ3) is 3.57. The Morgan fingerprint density at radius 2 is 2.00 bits per heavy atom. The molecule has 1 aromatic heterocycles. The highest BCUT2D eigenvalue weighted by molar-refractivity contribution is 5.76. The molecule has 0 saturated carbocycles. The van der Waals surface area contributed by atoms with Crippen LogP contribution in [0.4, 0.5) is 0 Å². The van der Waals surface area contributed by atoms with Gasteiger partial charge in [0.25, 0.3) is 0 Å². The zero-order valence-corrected chi connectivity index (χ0v) is 14.3. The van der Waals surface area contributed by atoms with E-state index in [1.807, 2.05) is 6.92 Å². The van der Waals surface area contributed by atoms with Gasteiger partial charge in [-0.25, -0.2) is 0 Å². The van der Waals surface area contributed by atoms with Gasteiger partial charge in [0.15, 0.2) is 5.82 Å². The van der Waals surface area contributed by atoms with E-state index in [2.05, 4.69) is 26.9 Å². The highest BCUT2D eigenvalue weighted by Gasteiger charge is 2.39. The molecule has 6 nitrogen and oxygen atoms in total. The molecule has 6 heteroatoms. The lowest BCUT2D eigenvalue weighted by atomic mass is 10.0. The predicted octanol–water partition coefficient (Wildman–Crippen LogP) is 2.39. The molecule has 0 aromatic carbocycles. The van der Waals surface area contributed by atoms with Gasteiger partial charge in [-0.05, 0) is 38.6 Å².